The molecule has 2 nitrogen and oxygen atoms in total. The van der Waals surface area contributed by atoms with E-state index in [0.717, 1.165) is 13.0 Å². The molecule has 0 fully saturated rings. The molecule has 0 radical (unpaired) electrons. The molecule has 0 heterocycles. The molecule has 0 spiro atoms. The number of alkyl halides is 6. The van der Waals surface area contributed by atoms with Gasteiger partial charge in [-0.05, 0) is 25.8 Å². The molecular weight excluding hydrogens is 302 g/mol. The molecule has 1 N–H and O–H groups in total. The van der Waals surface area contributed by atoms with Crippen molar-refractivity contribution in [3.05, 3.63) is 29.8 Å². The molecule has 0 aliphatic rings. The van der Waals surface area contributed by atoms with Gasteiger partial charge in [0.25, 0.3) is 0 Å². The van der Waals surface area contributed by atoms with Crippen LogP contribution in [-0.2, 0) is 5.60 Å². The van der Waals surface area contributed by atoms with Crippen LogP contribution < -0.4 is 4.74 Å². The van der Waals surface area contributed by atoms with Crippen molar-refractivity contribution in [3.63, 3.8) is 0 Å². The summed E-state index contributed by atoms with van der Waals surface area (Å²) < 4.78 is 76.8. The standard InChI is InChI=1S/C13H14F6O2/c1-11(20,7-4-8-12(14,15)16)9-5-2-3-6-10(9)21-13(17,18)19/h2-3,5-6,20H,4,7-8H2,1H3. The van der Waals surface area contributed by atoms with Crippen LogP contribution in [0.1, 0.15) is 31.7 Å². The van der Waals surface area contributed by atoms with E-state index in [1.165, 1.54) is 18.2 Å². The Morgan fingerprint density at radius 2 is 1.57 bits per heavy atom. The maximum Gasteiger partial charge on any atom is 0.573 e. The average molecular weight is 316 g/mol. The van der Waals surface area contributed by atoms with Gasteiger partial charge in [-0.15, -0.1) is 13.2 Å². The molecule has 0 amide bonds. The highest BCUT2D eigenvalue weighted by Crippen LogP contribution is 2.37. The van der Waals surface area contributed by atoms with E-state index in [1.807, 2.05) is 0 Å². The number of hydrogen-bond donors (Lipinski definition) is 1. The lowest BCUT2D eigenvalue weighted by Gasteiger charge is -2.26. The van der Waals surface area contributed by atoms with Gasteiger partial charge in [-0.25, -0.2) is 0 Å². The first-order valence-corrected chi connectivity index (χ1v) is 6.05. The van der Waals surface area contributed by atoms with E-state index in [2.05, 4.69) is 4.74 Å². The molecule has 1 rings (SSSR count). The van der Waals surface area contributed by atoms with Gasteiger partial charge in [-0.3, -0.25) is 0 Å². The lowest BCUT2D eigenvalue weighted by molar-refractivity contribution is -0.275. The summed E-state index contributed by atoms with van der Waals surface area (Å²) in [6.45, 7) is 1.15. The molecule has 0 bridgehead atoms. The Bertz CT molecular complexity index is 464. The summed E-state index contributed by atoms with van der Waals surface area (Å²) in [5, 5.41) is 10.1. The second kappa shape index (κ2) is 6.13. The van der Waals surface area contributed by atoms with Crippen molar-refractivity contribution in [2.45, 2.75) is 44.3 Å². The molecule has 1 atom stereocenters. The fourth-order valence-corrected chi connectivity index (χ4v) is 1.89. The van der Waals surface area contributed by atoms with Crippen molar-refractivity contribution in [3.8, 4) is 5.75 Å². The van der Waals surface area contributed by atoms with Crippen molar-refractivity contribution >= 4 is 0 Å². The van der Waals surface area contributed by atoms with Gasteiger partial charge in [0.1, 0.15) is 5.75 Å². The van der Waals surface area contributed by atoms with E-state index in [9.17, 15) is 31.4 Å². The van der Waals surface area contributed by atoms with E-state index in [0.29, 0.717) is 0 Å². The molecule has 21 heavy (non-hydrogen) atoms. The summed E-state index contributed by atoms with van der Waals surface area (Å²) in [5.41, 5.74) is -2.06. The molecule has 0 aliphatic heterocycles. The predicted molar refractivity (Wildman–Crippen MR) is 62.6 cm³/mol. The van der Waals surface area contributed by atoms with E-state index in [-0.39, 0.29) is 12.0 Å². The minimum Gasteiger partial charge on any atom is -0.405 e. The summed E-state index contributed by atoms with van der Waals surface area (Å²) in [5.74, 6) is -0.623. The Kier molecular flexibility index (Phi) is 5.14. The monoisotopic (exact) mass is 316 g/mol. The van der Waals surface area contributed by atoms with E-state index < -0.39 is 36.7 Å². The third kappa shape index (κ3) is 6.24. The summed E-state index contributed by atoms with van der Waals surface area (Å²) >= 11 is 0. The summed E-state index contributed by atoms with van der Waals surface area (Å²) in [6.07, 6.45) is -11.2. The molecule has 0 aromatic heterocycles. The van der Waals surface area contributed by atoms with Gasteiger partial charge >= 0.3 is 12.5 Å². The number of para-hydroxylation sites is 1. The maximum atomic E-state index is 12.3. The van der Waals surface area contributed by atoms with Crippen LogP contribution in [0.4, 0.5) is 26.3 Å². The van der Waals surface area contributed by atoms with Gasteiger partial charge in [0.15, 0.2) is 0 Å². The lowest BCUT2D eigenvalue weighted by Crippen LogP contribution is -2.25. The Labute approximate surface area is 117 Å². The lowest BCUT2D eigenvalue weighted by atomic mass is 9.89. The van der Waals surface area contributed by atoms with Crippen LogP contribution in [0.2, 0.25) is 0 Å². The molecule has 1 aromatic carbocycles. The number of hydrogen-bond acceptors (Lipinski definition) is 2. The molecule has 0 aliphatic carbocycles. The molecular formula is C13H14F6O2. The predicted octanol–water partition coefficient (Wildman–Crippen LogP) is 4.53. The zero-order valence-electron chi connectivity index (χ0n) is 11.1. The highest BCUT2D eigenvalue weighted by molar-refractivity contribution is 5.37. The highest BCUT2D eigenvalue weighted by atomic mass is 19.4. The highest BCUT2D eigenvalue weighted by Gasteiger charge is 2.36. The topological polar surface area (TPSA) is 29.5 Å². The molecule has 1 aromatic rings. The minimum absolute atomic E-state index is 0.204. The molecule has 1 unspecified atom stereocenters. The number of rotatable bonds is 5. The summed E-state index contributed by atoms with van der Waals surface area (Å²) in [7, 11) is 0. The number of aliphatic hydroxyl groups is 1. The van der Waals surface area contributed by atoms with Crippen molar-refractivity contribution in [1.29, 1.82) is 0 Å². The van der Waals surface area contributed by atoms with Gasteiger partial charge in [0.05, 0.1) is 5.60 Å². The van der Waals surface area contributed by atoms with E-state index in [1.54, 1.807) is 0 Å². The van der Waals surface area contributed by atoms with Crippen LogP contribution in [0.3, 0.4) is 0 Å². The van der Waals surface area contributed by atoms with Crippen LogP contribution in [0, 0.1) is 0 Å². The van der Waals surface area contributed by atoms with Crippen LogP contribution in [0.15, 0.2) is 24.3 Å². The smallest absolute Gasteiger partial charge is 0.405 e. The van der Waals surface area contributed by atoms with Gasteiger partial charge in [-0.2, -0.15) is 13.2 Å². The van der Waals surface area contributed by atoms with Crippen molar-refractivity contribution in [2.24, 2.45) is 0 Å². The zero-order valence-corrected chi connectivity index (χ0v) is 11.1. The first-order valence-electron chi connectivity index (χ1n) is 6.05. The van der Waals surface area contributed by atoms with Crippen molar-refractivity contribution in [1.82, 2.24) is 0 Å². The number of benzene rings is 1. The second-order valence-electron chi connectivity index (χ2n) is 4.79. The van der Waals surface area contributed by atoms with E-state index >= 15 is 0 Å². The molecule has 120 valence electrons. The van der Waals surface area contributed by atoms with Gasteiger partial charge in [-0.1, -0.05) is 18.2 Å². The Morgan fingerprint density at radius 1 is 1.00 bits per heavy atom. The first-order chi connectivity index (χ1) is 9.41. The third-order valence-electron chi connectivity index (χ3n) is 2.82. The van der Waals surface area contributed by atoms with Crippen LogP contribution in [-0.4, -0.2) is 17.6 Å². The van der Waals surface area contributed by atoms with Gasteiger partial charge in [0.2, 0.25) is 0 Å². The Morgan fingerprint density at radius 3 is 2.10 bits per heavy atom. The number of halogens is 6. The molecule has 0 saturated carbocycles. The van der Waals surface area contributed by atoms with Crippen LogP contribution >= 0.6 is 0 Å². The fraction of sp³-hybridized carbons (Fsp3) is 0.538. The first kappa shape index (κ1) is 17.6. The average Bonchev–Trinajstić information content (AvgIpc) is 2.25. The summed E-state index contributed by atoms with van der Waals surface area (Å²) in [6, 6.07) is 4.84. The second-order valence-corrected chi connectivity index (χ2v) is 4.79. The van der Waals surface area contributed by atoms with Gasteiger partial charge < -0.3 is 9.84 Å². The van der Waals surface area contributed by atoms with Crippen molar-refractivity contribution in [2.75, 3.05) is 0 Å². The summed E-state index contributed by atoms with van der Waals surface area (Å²) in [4.78, 5) is 0. The fourth-order valence-electron chi connectivity index (χ4n) is 1.89. The van der Waals surface area contributed by atoms with Crippen LogP contribution in [0.5, 0.6) is 5.75 Å². The maximum absolute atomic E-state index is 12.3. The van der Waals surface area contributed by atoms with Crippen LogP contribution in [0.25, 0.3) is 0 Å². The Hall–Kier alpha value is -1.44. The Balaban J connectivity index is 2.87. The SMILES string of the molecule is CC(O)(CCCC(F)(F)F)c1ccccc1OC(F)(F)F. The third-order valence-corrected chi connectivity index (χ3v) is 2.82. The normalized spacial score (nSPS) is 15.6. The van der Waals surface area contributed by atoms with Gasteiger partial charge in [0, 0.05) is 12.0 Å². The quantitative estimate of drug-likeness (QED) is 0.809. The van der Waals surface area contributed by atoms with Crippen molar-refractivity contribution < 1.29 is 36.2 Å². The molecule has 8 heteroatoms. The largest absolute Gasteiger partial charge is 0.573 e. The molecule has 0 saturated heterocycles. The minimum atomic E-state index is -4.95. The zero-order chi connectivity index (χ0) is 16.3. The van der Waals surface area contributed by atoms with E-state index in [4.69, 9.17) is 0 Å². The number of ether oxygens (including phenoxy) is 1.